The van der Waals surface area contributed by atoms with Crippen molar-refractivity contribution >= 4 is 11.7 Å². The summed E-state index contributed by atoms with van der Waals surface area (Å²) in [7, 11) is 0. The predicted octanol–water partition coefficient (Wildman–Crippen LogP) is -0.698. The lowest BCUT2D eigenvalue weighted by molar-refractivity contribution is -0.137. The minimum atomic E-state index is 0.0191. The van der Waals surface area contributed by atoms with E-state index in [1.807, 2.05) is 11.8 Å². The van der Waals surface area contributed by atoms with Crippen molar-refractivity contribution in [3.8, 4) is 0 Å². The monoisotopic (exact) mass is 270 g/mol. The number of amides is 1. The molecular weight excluding hydrogens is 248 g/mol. The summed E-state index contributed by atoms with van der Waals surface area (Å²) in [5, 5.41) is 11.5. The Labute approximate surface area is 113 Å². The summed E-state index contributed by atoms with van der Waals surface area (Å²) in [5.41, 5.74) is 5.47. The van der Waals surface area contributed by atoms with Crippen molar-refractivity contribution in [3.63, 3.8) is 0 Å². The number of hydrogen-bond donors (Lipinski definition) is 2. The van der Waals surface area contributed by atoms with Crippen molar-refractivity contribution in [1.82, 2.24) is 9.80 Å². The van der Waals surface area contributed by atoms with E-state index in [1.54, 1.807) is 0 Å². The van der Waals surface area contributed by atoms with Crippen molar-refractivity contribution in [2.24, 2.45) is 16.8 Å². The van der Waals surface area contributed by atoms with E-state index < -0.39 is 0 Å². The molecule has 0 radical (unpaired) electrons. The molecule has 7 nitrogen and oxygen atoms in total. The number of carbonyl (C=O) groups is 1. The first-order chi connectivity index (χ1) is 9.10. The molecule has 1 amide bonds. The summed E-state index contributed by atoms with van der Waals surface area (Å²) in [6.45, 7) is 5.90. The van der Waals surface area contributed by atoms with E-state index in [0.717, 1.165) is 19.5 Å². The summed E-state index contributed by atoms with van der Waals surface area (Å²) < 4.78 is 5.45. The Morgan fingerprint density at radius 3 is 2.63 bits per heavy atom. The second kappa shape index (κ2) is 6.21. The fraction of sp³-hybridized carbons (Fsp3) is 0.833. The molecule has 0 spiro atoms. The van der Waals surface area contributed by atoms with Crippen LogP contribution in [0.2, 0.25) is 0 Å². The lowest BCUT2D eigenvalue weighted by Crippen LogP contribution is -2.52. The number of amidine groups is 1. The maximum Gasteiger partial charge on any atom is 0.228 e. The SMILES string of the molecule is CC1CC(C(=O)N2CCN(CC(N)=NO)CC2)CO1. The minimum absolute atomic E-state index is 0.0191. The van der Waals surface area contributed by atoms with Gasteiger partial charge in [0.15, 0.2) is 5.84 Å². The third-order valence-corrected chi connectivity index (χ3v) is 3.75. The van der Waals surface area contributed by atoms with Crippen molar-refractivity contribution in [3.05, 3.63) is 0 Å². The molecule has 2 aliphatic rings. The molecule has 2 rings (SSSR count). The Morgan fingerprint density at radius 1 is 1.42 bits per heavy atom. The number of hydrogen-bond acceptors (Lipinski definition) is 5. The van der Waals surface area contributed by atoms with Crippen LogP contribution >= 0.6 is 0 Å². The Morgan fingerprint density at radius 2 is 2.11 bits per heavy atom. The highest BCUT2D eigenvalue weighted by molar-refractivity contribution is 5.82. The van der Waals surface area contributed by atoms with Crippen LogP contribution < -0.4 is 5.73 Å². The van der Waals surface area contributed by atoms with Crippen LogP contribution in [0.15, 0.2) is 5.16 Å². The number of nitrogens with zero attached hydrogens (tertiary/aromatic N) is 3. The first kappa shape index (κ1) is 14.1. The summed E-state index contributed by atoms with van der Waals surface area (Å²) in [6.07, 6.45) is 1.01. The smallest absolute Gasteiger partial charge is 0.228 e. The highest BCUT2D eigenvalue weighted by atomic mass is 16.5. The number of nitrogens with two attached hydrogens (primary N) is 1. The number of ether oxygens (including phenoxy) is 1. The minimum Gasteiger partial charge on any atom is -0.409 e. The number of rotatable bonds is 3. The largest absolute Gasteiger partial charge is 0.409 e. The van der Waals surface area contributed by atoms with Gasteiger partial charge >= 0.3 is 0 Å². The molecule has 19 heavy (non-hydrogen) atoms. The van der Waals surface area contributed by atoms with Gasteiger partial charge in [0, 0.05) is 26.2 Å². The summed E-state index contributed by atoms with van der Waals surface area (Å²) in [6, 6.07) is 0. The average Bonchev–Trinajstić information content (AvgIpc) is 2.85. The molecule has 0 aliphatic carbocycles. The van der Waals surface area contributed by atoms with Gasteiger partial charge in [-0.05, 0) is 13.3 Å². The second-order valence-electron chi connectivity index (χ2n) is 5.27. The molecule has 0 saturated carbocycles. The molecule has 3 N–H and O–H groups in total. The van der Waals surface area contributed by atoms with E-state index >= 15 is 0 Å². The molecule has 0 bridgehead atoms. The first-order valence-corrected chi connectivity index (χ1v) is 6.69. The van der Waals surface area contributed by atoms with Gasteiger partial charge in [-0.3, -0.25) is 9.69 Å². The summed E-state index contributed by atoms with van der Waals surface area (Å²) in [5.74, 6) is 0.427. The van der Waals surface area contributed by atoms with Gasteiger partial charge in [0.2, 0.25) is 5.91 Å². The van der Waals surface area contributed by atoms with Gasteiger partial charge in [0.1, 0.15) is 0 Å². The maximum absolute atomic E-state index is 12.3. The lowest BCUT2D eigenvalue weighted by Gasteiger charge is -2.35. The Kier molecular flexibility index (Phi) is 4.60. The van der Waals surface area contributed by atoms with Crippen LogP contribution in [0.1, 0.15) is 13.3 Å². The first-order valence-electron chi connectivity index (χ1n) is 6.69. The standard InChI is InChI=1S/C12H22N4O3/c1-9-6-10(8-19-9)12(17)16-4-2-15(3-5-16)7-11(13)14-18/h9-10,18H,2-8H2,1H3,(H2,13,14). The van der Waals surface area contributed by atoms with Crippen molar-refractivity contribution < 1.29 is 14.7 Å². The molecule has 108 valence electrons. The average molecular weight is 270 g/mol. The van der Waals surface area contributed by atoms with Crippen molar-refractivity contribution in [2.45, 2.75) is 19.4 Å². The van der Waals surface area contributed by atoms with Crippen LogP contribution in [0.25, 0.3) is 0 Å². The molecule has 2 atom stereocenters. The number of carbonyl (C=O) groups excluding carboxylic acids is 1. The predicted molar refractivity (Wildman–Crippen MR) is 69.9 cm³/mol. The third-order valence-electron chi connectivity index (χ3n) is 3.75. The van der Waals surface area contributed by atoms with Gasteiger partial charge in [-0.1, -0.05) is 5.16 Å². The van der Waals surface area contributed by atoms with Gasteiger partial charge in [-0.25, -0.2) is 0 Å². The molecule has 0 aromatic carbocycles. The maximum atomic E-state index is 12.3. The molecule has 0 aromatic rings. The van der Waals surface area contributed by atoms with Crippen LogP contribution in [-0.2, 0) is 9.53 Å². The molecule has 7 heteroatoms. The van der Waals surface area contributed by atoms with Gasteiger partial charge in [-0.15, -0.1) is 0 Å². The van der Waals surface area contributed by atoms with E-state index in [-0.39, 0.29) is 23.8 Å². The molecular formula is C12H22N4O3. The topological polar surface area (TPSA) is 91.4 Å². The van der Waals surface area contributed by atoms with Gasteiger partial charge in [0.25, 0.3) is 0 Å². The van der Waals surface area contributed by atoms with E-state index in [1.165, 1.54) is 0 Å². The fourth-order valence-corrected chi connectivity index (χ4v) is 2.63. The quantitative estimate of drug-likeness (QED) is 0.306. The molecule has 2 saturated heterocycles. The van der Waals surface area contributed by atoms with E-state index in [4.69, 9.17) is 15.7 Å². The third kappa shape index (κ3) is 3.57. The van der Waals surface area contributed by atoms with Crippen molar-refractivity contribution in [2.75, 3.05) is 39.3 Å². The van der Waals surface area contributed by atoms with Crippen LogP contribution in [0.4, 0.5) is 0 Å². The van der Waals surface area contributed by atoms with Crippen LogP contribution in [0, 0.1) is 5.92 Å². The zero-order valence-corrected chi connectivity index (χ0v) is 11.3. The zero-order valence-electron chi connectivity index (χ0n) is 11.3. The number of piperazine rings is 1. The van der Waals surface area contributed by atoms with Gasteiger partial charge < -0.3 is 20.6 Å². The molecule has 2 heterocycles. The number of oxime groups is 1. The Bertz CT molecular complexity index is 353. The van der Waals surface area contributed by atoms with Crippen LogP contribution in [0.3, 0.4) is 0 Å². The van der Waals surface area contributed by atoms with E-state index in [0.29, 0.717) is 26.2 Å². The molecule has 2 unspecified atom stereocenters. The van der Waals surface area contributed by atoms with Gasteiger partial charge in [0.05, 0.1) is 25.2 Å². The summed E-state index contributed by atoms with van der Waals surface area (Å²) in [4.78, 5) is 16.2. The zero-order chi connectivity index (χ0) is 13.8. The summed E-state index contributed by atoms with van der Waals surface area (Å²) >= 11 is 0. The lowest BCUT2D eigenvalue weighted by atomic mass is 10.0. The normalized spacial score (nSPS) is 29.7. The second-order valence-corrected chi connectivity index (χ2v) is 5.27. The van der Waals surface area contributed by atoms with Crippen LogP contribution in [0.5, 0.6) is 0 Å². The van der Waals surface area contributed by atoms with E-state index in [2.05, 4.69) is 10.1 Å². The van der Waals surface area contributed by atoms with Gasteiger partial charge in [-0.2, -0.15) is 0 Å². The highest BCUT2D eigenvalue weighted by Crippen LogP contribution is 2.21. The van der Waals surface area contributed by atoms with E-state index in [9.17, 15) is 4.79 Å². The van der Waals surface area contributed by atoms with Crippen molar-refractivity contribution in [1.29, 1.82) is 0 Å². The highest BCUT2D eigenvalue weighted by Gasteiger charge is 2.32. The molecule has 0 aromatic heterocycles. The Balaban J connectivity index is 1.78. The Hall–Kier alpha value is -1.34. The fourth-order valence-electron chi connectivity index (χ4n) is 2.63. The van der Waals surface area contributed by atoms with Crippen LogP contribution in [-0.4, -0.2) is 72.2 Å². The molecule has 2 aliphatic heterocycles. The molecule has 2 fully saturated rings.